The van der Waals surface area contributed by atoms with Gasteiger partial charge in [-0.2, -0.15) is 0 Å². The first-order valence-corrected chi connectivity index (χ1v) is 7.79. The van der Waals surface area contributed by atoms with E-state index in [1.54, 1.807) is 0 Å². The number of hydrogen-bond donors (Lipinski definition) is 1. The Balaban J connectivity index is 2.17. The van der Waals surface area contributed by atoms with E-state index in [0.717, 1.165) is 15.3 Å². The molecule has 106 valence electrons. The summed E-state index contributed by atoms with van der Waals surface area (Å²) in [4.78, 5) is 14.2. The summed E-state index contributed by atoms with van der Waals surface area (Å²) < 4.78 is 0. The Bertz CT molecular complexity index is 589. The van der Waals surface area contributed by atoms with Crippen molar-refractivity contribution in [2.24, 2.45) is 5.92 Å². The van der Waals surface area contributed by atoms with Gasteiger partial charge in [-0.15, -0.1) is 11.3 Å². The number of aryl methyl sites for hydroxylation is 1. The summed E-state index contributed by atoms with van der Waals surface area (Å²) in [6.45, 7) is 6.19. The highest BCUT2D eigenvalue weighted by molar-refractivity contribution is 7.13. The molecule has 1 heterocycles. The molecule has 0 radical (unpaired) electrons. The van der Waals surface area contributed by atoms with Gasteiger partial charge in [0.2, 0.25) is 0 Å². The fourth-order valence-corrected chi connectivity index (χ4v) is 2.97. The van der Waals surface area contributed by atoms with Crippen LogP contribution in [0.4, 0.5) is 0 Å². The third kappa shape index (κ3) is 3.62. The second kappa shape index (κ2) is 6.42. The van der Waals surface area contributed by atoms with Crippen molar-refractivity contribution in [3.8, 4) is 0 Å². The number of carbonyl (C=O) groups excluding carboxylic acids is 1. The second-order valence-electron chi connectivity index (χ2n) is 5.16. The average Bonchev–Trinajstić information content (AvgIpc) is 2.83. The minimum Gasteiger partial charge on any atom is -0.344 e. The molecule has 0 spiro atoms. The number of carbonyl (C=O) groups is 1. The van der Waals surface area contributed by atoms with Gasteiger partial charge in [0.15, 0.2) is 0 Å². The summed E-state index contributed by atoms with van der Waals surface area (Å²) in [5.41, 5.74) is 1.08. The molecule has 0 saturated heterocycles. The van der Waals surface area contributed by atoms with E-state index < -0.39 is 0 Å². The smallest absolute Gasteiger partial charge is 0.261 e. The van der Waals surface area contributed by atoms with Gasteiger partial charge >= 0.3 is 0 Å². The first-order chi connectivity index (χ1) is 9.47. The molecule has 1 aromatic heterocycles. The van der Waals surface area contributed by atoms with E-state index in [1.807, 2.05) is 43.3 Å². The molecule has 0 aliphatic carbocycles. The third-order valence-corrected chi connectivity index (χ3v) is 4.40. The van der Waals surface area contributed by atoms with Crippen LogP contribution in [0.1, 0.15) is 40.0 Å². The van der Waals surface area contributed by atoms with Crippen molar-refractivity contribution in [1.82, 2.24) is 5.32 Å². The van der Waals surface area contributed by atoms with Crippen LogP contribution in [0, 0.1) is 12.8 Å². The molecule has 4 heteroatoms. The number of amides is 1. The number of halogens is 1. The molecule has 20 heavy (non-hydrogen) atoms. The summed E-state index contributed by atoms with van der Waals surface area (Å²) in [6, 6.07) is 11.5. The Morgan fingerprint density at radius 2 is 1.80 bits per heavy atom. The van der Waals surface area contributed by atoms with Crippen LogP contribution in [0.5, 0.6) is 0 Å². The Hall–Kier alpha value is -1.32. The zero-order valence-corrected chi connectivity index (χ0v) is 13.4. The van der Waals surface area contributed by atoms with Crippen molar-refractivity contribution < 1.29 is 4.79 Å². The molecule has 1 amide bonds. The quantitative estimate of drug-likeness (QED) is 0.860. The standard InChI is InChI=1S/C16H18ClNOS/c1-10(2)15(12-5-7-13(17)8-6-12)18-16(19)14-9-4-11(3)20-14/h4-10,15H,1-3H3,(H,18,19). The van der Waals surface area contributed by atoms with Crippen LogP contribution in [0.3, 0.4) is 0 Å². The SMILES string of the molecule is Cc1ccc(C(=O)NC(c2ccc(Cl)cc2)C(C)C)s1. The lowest BCUT2D eigenvalue weighted by atomic mass is 9.96. The van der Waals surface area contributed by atoms with E-state index in [9.17, 15) is 4.79 Å². The summed E-state index contributed by atoms with van der Waals surface area (Å²) in [5, 5.41) is 3.82. The summed E-state index contributed by atoms with van der Waals surface area (Å²) in [7, 11) is 0. The monoisotopic (exact) mass is 307 g/mol. The van der Waals surface area contributed by atoms with Crippen LogP contribution in [-0.2, 0) is 0 Å². The van der Waals surface area contributed by atoms with Gasteiger partial charge in [0.1, 0.15) is 0 Å². The van der Waals surface area contributed by atoms with E-state index >= 15 is 0 Å². The highest BCUT2D eigenvalue weighted by Crippen LogP contribution is 2.24. The molecule has 1 unspecified atom stereocenters. The Kier molecular flexibility index (Phi) is 4.84. The normalized spacial score (nSPS) is 12.4. The molecule has 0 bridgehead atoms. The maximum atomic E-state index is 12.3. The van der Waals surface area contributed by atoms with Crippen LogP contribution >= 0.6 is 22.9 Å². The molecular weight excluding hydrogens is 290 g/mol. The molecule has 2 aromatic rings. The van der Waals surface area contributed by atoms with E-state index in [-0.39, 0.29) is 11.9 Å². The van der Waals surface area contributed by atoms with Crippen molar-refractivity contribution in [3.05, 3.63) is 56.7 Å². The van der Waals surface area contributed by atoms with Crippen LogP contribution < -0.4 is 5.32 Å². The van der Waals surface area contributed by atoms with Gasteiger partial charge in [0, 0.05) is 9.90 Å². The molecule has 2 rings (SSSR count). The van der Waals surface area contributed by atoms with Gasteiger partial charge in [-0.05, 0) is 42.7 Å². The summed E-state index contributed by atoms with van der Waals surface area (Å²) in [5.74, 6) is 0.290. The number of nitrogens with one attached hydrogen (secondary N) is 1. The van der Waals surface area contributed by atoms with Gasteiger partial charge in [0.05, 0.1) is 10.9 Å². The highest BCUT2D eigenvalue weighted by atomic mass is 35.5. The lowest BCUT2D eigenvalue weighted by molar-refractivity contribution is 0.0930. The van der Waals surface area contributed by atoms with Crippen LogP contribution in [0.25, 0.3) is 0 Å². The molecule has 0 aliphatic heterocycles. The minimum atomic E-state index is -0.0169. The maximum Gasteiger partial charge on any atom is 0.261 e. The summed E-state index contributed by atoms with van der Waals surface area (Å²) >= 11 is 7.43. The topological polar surface area (TPSA) is 29.1 Å². The molecule has 0 aliphatic rings. The number of thiophene rings is 1. The fourth-order valence-electron chi connectivity index (χ4n) is 2.07. The number of rotatable bonds is 4. The lowest BCUT2D eigenvalue weighted by Gasteiger charge is -2.22. The predicted octanol–water partition coefficient (Wildman–Crippen LogP) is 4.84. The van der Waals surface area contributed by atoms with Crippen LogP contribution in [-0.4, -0.2) is 5.91 Å². The van der Waals surface area contributed by atoms with Gasteiger partial charge < -0.3 is 5.32 Å². The van der Waals surface area contributed by atoms with Crippen molar-refractivity contribution in [1.29, 1.82) is 0 Å². The molecule has 1 aromatic carbocycles. The van der Waals surface area contributed by atoms with E-state index in [4.69, 9.17) is 11.6 Å². The highest BCUT2D eigenvalue weighted by Gasteiger charge is 2.19. The van der Waals surface area contributed by atoms with Gasteiger partial charge in [-0.1, -0.05) is 37.6 Å². The Morgan fingerprint density at radius 3 is 2.30 bits per heavy atom. The van der Waals surface area contributed by atoms with Crippen LogP contribution in [0.15, 0.2) is 36.4 Å². The number of hydrogen-bond acceptors (Lipinski definition) is 2. The number of benzene rings is 1. The van der Waals surface area contributed by atoms with Crippen molar-refractivity contribution in [3.63, 3.8) is 0 Å². The predicted molar refractivity (Wildman–Crippen MR) is 85.6 cm³/mol. The molecule has 1 atom stereocenters. The van der Waals surface area contributed by atoms with Gasteiger partial charge in [-0.3, -0.25) is 4.79 Å². The Morgan fingerprint density at radius 1 is 1.15 bits per heavy atom. The summed E-state index contributed by atoms with van der Waals surface area (Å²) in [6.07, 6.45) is 0. The van der Waals surface area contributed by atoms with E-state index in [2.05, 4.69) is 19.2 Å². The zero-order valence-electron chi connectivity index (χ0n) is 11.8. The third-order valence-electron chi connectivity index (χ3n) is 3.15. The van der Waals surface area contributed by atoms with Crippen LogP contribution in [0.2, 0.25) is 5.02 Å². The minimum absolute atomic E-state index is 0.0119. The molecule has 1 N–H and O–H groups in total. The van der Waals surface area contributed by atoms with Gasteiger partial charge in [0.25, 0.3) is 5.91 Å². The van der Waals surface area contributed by atoms with Crippen molar-refractivity contribution in [2.75, 3.05) is 0 Å². The van der Waals surface area contributed by atoms with Crippen molar-refractivity contribution >= 4 is 28.8 Å². The average molecular weight is 308 g/mol. The zero-order chi connectivity index (χ0) is 14.7. The molecule has 0 fully saturated rings. The maximum absolute atomic E-state index is 12.3. The largest absolute Gasteiger partial charge is 0.344 e. The van der Waals surface area contributed by atoms with Gasteiger partial charge in [-0.25, -0.2) is 0 Å². The first kappa shape index (κ1) is 15.1. The van der Waals surface area contributed by atoms with Crippen molar-refractivity contribution in [2.45, 2.75) is 26.8 Å². The molecular formula is C16H18ClNOS. The second-order valence-corrected chi connectivity index (χ2v) is 6.88. The van der Waals surface area contributed by atoms with E-state index in [0.29, 0.717) is 10.9 Å². The first-order valence-electron chi connectivity index (χ1n) is 6.60. The van der Waals surface area contributed by atoms with E-state index in [1.165, 1.54) is 11.3 Å². The lowest BCUT2D eigenvalue weighted by Crippen LogP contribution is -2.31. The molecule has 0 saturated carbocycles. The molecule has 2 nitrogen and oxygen atoms in total. The Labute approximate surface area is 128 Å². The fraction of sp³-hybridized carbons (Fsp3) is 0.312.